The number of hydrogen-bond donors (Lipinski definition) is 1. The SMILES string of the molecule is Cc1cc(N)n(Cc2cc(Cl)cs2)n1. The Morgan fingerprint density at radius 3 is 2.86 bits per heavy atom. The summed E-state index contributed by atoms with van der Waals surface area (Å²) < 4.78 is 1.78. The average Bonchev–Trinajstić information content (AvgIpc) is 2.61. The van der Waals surface area contributed by atoms with Crippen LogP contribution in [-0.2, 0) is 6.54 Å². The maximum Gasteiger partial charge on any atom is 0.122 e. The van der Waals surface area contributed by atoms with Crippen LogP contribution in [0.25, 0.3) is 0 Å². The van der Waals surface area contributed by atoms with Crippen molar-refractivity contribution in [1.82, 2.24) is 9.78 Å². The maximum atomic E-state index is 5.82. The zero-order valence-corrected chi connectivity index (χ0v) is 9.27. The molecular weight excluding hydrogens is 218 g/mol. The lowest BCUT2D eigenvalue weighted by Gasteiger charge is -2.00. The van der Waals surface area contributed by atoms with Crippen molar-refractivity contribution >= 4 is 28.8 Å². The molecule has 0 atom stereocenters. The van der Waals surface area contributed by atoms with Crippen LogP contribution in [0, 0.1) is 6.92 Å². The fraction of sp³-hybridized carbons (Fsp3) is 0.222. The van der Waals surface area contributed by atoms with Crippen LogP contribution in [0.3, 0.4) is 0 Å². The largest absolute Gasteiger partial charge is 0.384 e. The van der Waals surface area contributed by atoms with Crippen molar-refractivity contribution in [2.75, 3.05) is 5.73 Å². The molecule has 5 heteroatoms. The third-order valence-electron chi connectivity index (χ3n) is 1.86. The molecule has 0 bridgehead atoms. The van der Waals surface area contributed by atoms with Gasteiger partial charge < -0.3 is 5.73 Å². The van der Waals surface area contributed by atoms with E-state index in [1.807, 2.05) is 24.4 Å². The molecule has 0 saturated carbocycles. The predicted molar refractivity (Wildman–Crippen MR) is 59.8 cm³/mol. The molecule has 2 aromatic heterocycles. The number of nitrogens with two attached hydrogens (primary N) is 1. The van der Waals surface area contributed by atoms with E-state index in [0.717, 1.165) is 15.6 Å². The molecule has 0 unspecified atom stereocenters. The second-order valence-electron chi connectivity index (χ2n) is 3.10. The van der Waals surface area contributed by atoms with E-state index in [-0.39, 0.29) is 0 Å². The highest BCUT2D eigenvalue weighted by Gasteiger charge is 2.04. The summed E-state index contributed by atoms with van der Waals surface area (Å²) >= 11 is 7.44. The van der Waals surface area contributed by atoms with Crippen LogP contribution in [0.1, 0.15) is 10.6 Å². The van der Waals surface area contributed by atoms with Crippen LogP contribution in [0.5, 0.6) is 0 Å². The third-order valence-corrected chi connectivity index (χ3v) is 3.13. The van der Waals surface area contributed by atoms with E-state index >= 15 is 0 Å². The molecule has 3 nitrogen and oxygen atoms in total. The predicted octanol–water partition coefficient (Wildman–Crippen LogP) is 2.54. The Morgan fingerprint density at radius 1 is 1.57 bits per heavy atom. The lowest BCUT2D eigenvalue weighted by Crippen LogP contribution is -2.04. The van der Waals surface area contributed by atoms with Gasteiger partial charge in [0.2, 0.25) is 0 Å². The summed E-state index contributed by atoms with van der Waals surface area (Å²) in [5.74, 6) is 0.687. The van der Waals surface area contributed by atoms with Crippen molar-refractivity contribution in [3.05, 3.63) is 33.1 Å². The summed E-state index contributed by atoms with van der Waals surface area (Å²) in [5, 5.41) is 6.95. The number of rotatable bonds is 2. The standard InChI is InChI=1S/C9H10ClN3S/c1-6-2-9(11)13(12-6)4-8-3-7(10)5-14-8/h2-3,5H,4,11H2,1H3. The van der Waals surface area contributed by atoms with Crippen LogP contribution < -0.4 is 5.73 Å². The minimum Gasteiger partial charge on any atom is -0.384 e. The van der Waals surface area contributed by atoms with E-state index in [0.29, 0.717) is 12.4 Å². The fourth-order valence-corrected chi connectivity index (χ4v) is 2.33. The molecule has 0 aromatic carbocycles. The Balaban J connectivity index is 2.22. The Hall–Kier alpha value is -1.00. The van der Waals surface area contributed by atoms with Crippen LogP contribution in [0.4, 0.5) is 5.82 Å². The van der Waals surface area contributed by atoms with Gasteiger partial charge in [-0.2, -0.15) is 5.10 Å². The topological polar surface area (TPSA) is 43.8 Å². The lowest BCUT2D eigenvalue weighted by molar-refractivity contribution is 0.697. The zero-order valence-electron chi connectivity index (χ0n) is 7.70. The molecule has 2 aromatic rings. The zero-order chi connectivity index (χ0) is 10.1. The molecule has 2 heterocycles. The monoisotopic (exact) mass is 227 g/mol. The van der Waals surface area contributed by atoms with Crippen LogP contribution in [0.15, 0.2) is 17.5 Å². The lowest BCUT2D eigenvalue weighted by atomic mass is 10.4. The summed E-state index contributed by atoms with van der Waals surface area (Å²) in [5.41, 5.74) is 6.70. The second-order valence-corrected chi connectivity index (χ2v) is 4.53. The van der Waals surface area contributed by atoms with Gasteiger partial charge in [-0.15, -0.1) is 11.3 Å². The van der Waals surface area contributed by atoms with Crippen LogP contribution in [-0.4, -0.2) is 9.78 Å². The molecule has 2 N–H and O–H groups in total. The van der Waals surface area contributed by atoms with Crippen molar-refractivity contribution in [3.8, 4) is 0 Å². The Kier molecular flexibility index (Phi) is 2.48. The molecule has 0 aliphatic heterocycles. The highest BCUT2D eigenvalue weighted by Crippen LogP contribution is 2.20. The maximum absolute atomic E-state index is 5.82. The van der Waals surface area contributed by atoms with Gasteiger partial charge in [0.15, 0.2) is 0 Å². The van der Waals surface area contributed by atoms with Gasteiger partial charge in [0.1, 0.15) is 5.82 Å². The smallest absolute Gasteiger partial charge is 0.122 e. The van der Waals surface area contributed by atoms with Crippen molar-refractivity contribution in [1.29, 1.82) is 0 Å². The number of halogens is 1. The average molecular weight is 228 g/mol. The number of nitrogen functional groups attached to an aromatic ring is 1. The van der Waals surface area contributed by atoms with Gasteiger partial charge in [0.05, 0.1) is 17.3 Å². The van der Waals surface area contributed by atoms with E-state index in [1.165, 1.54) is 0 Å². The van der Waals surface area contributed by atoms with Gasteiger partial charge in [0.25, 0.3) is 0 Å². The number of thiophene rings is 1. The highest BCUT2D eigenvalue weighted by molar-refractivity contribution is 7.10. The molecule has 0 spiro atoms. The Bertz CT molecular complexity index is 447. The quantitative estimate of drug-likeness (QED) is 0.857. The van der Waals surface area contributed by atoms with E-state index in [9.17, 15) is 0 Å². The number of nitrogens with zero attached hydrogens (tertiary/aromatic N) is 2. The number of anilines is 1. The van der Waals surface area contributed by atoms with Crippen molar-refractivity contribution in [3.63, 3.8) is 0 Å². The molecule has 74 valence electrons. The van der Waals surface area contributed by atoms with E-state index in [4.69, 9.17) is 17.3 Å². The normalized spacial score (nSPS) is 10.7. The van der Waals surface area contributed by atoms with Gasteiger partial charge in [0, 0.05) is 16.3 Å². The van der Waals surface area contributed by atoms with E-state index in [2.05, 4.69) is 5.10 Å². The summed E-state index contributed by atoms with van der Waals surface area (Å²) in [6.07, 6.45) is 0. The molecule has 0 aliphatic rings. The molecule has 2 rings (SSSR count). The third kappa shape index (κ3) is 1.91. The molecule has 0 amide bonds. The van der Waals surface area contributed by atoms with Gasteiger partial charge in [-0.05, 0) is 13.0 Å². The van der Waals surface area contributed by atoms with Gasteiger partial charge >= 0.3 is 0 Å². The first-order chi connectivity index (χ1) is 6.65. The number of aromatic nitrogens is 2. The fourth-order valence-electron chi connectivity index (χ4n) is 1.28. The molecule has 0 saturated heterocycles. The summed E-state index contributed by atoms with van der Waals surface area (Å²) in [4.78, 5) is 1.16. The van der Waals surface area contributed by atoms with Crippen molar-refractivity contribution in [2.45, 2.75) is 13.5 Å². The molecular formula is C9H10ClN3S. The number of hydrogen-bond acceptors (Lipinski definition) is 3. The van der Waals surface area contributed by atoms with Crippen molar-refractivity contribution in [2.24, 2.45) is 0 Å². The Labute approximate surface area is 91.1 Å². The molecule has 14 heavy (non-hydrogen) atoms. The number of aryl methyl sites for hydroxylation is 1. The molecule has 0 fully saturated rings. The van der Waals surface area contributed by atoms with E-state index in [1.54, 1.807) is 16.0 Å². The highest BCUT2D eigenvalue weighted by atomic mass is 35.5. The first-order valence-corrected chi connectivity index (χ1v) is 5.44. The van der Waals surface area contributed by atoms with Crippen LogP contribution in [0.2, 0.25) is 5.02 Å². The minimum atomic E-state index is 0.687. The molecule has 0 radical (unpaired) electrons. The van der Waals surface area contributed by atoms with Crippen molar-refractivity contribution < 1.29 is 0 Å². The van der Waals surface area contributed by atoms with E-state index < -0.39 is 0 Å². The Morgan fingerprint density at radius 2 is 2.36 bits per heavy atom. The first kappa shape index (κ1) is 9.55. The van der Waals surface area contributed by atoms with Gasteiger partial charge in [-0.25, -0.2) is 4.68 Å². The molecule has 0 aliphatic carbocycles. The van der Waals surface area contributed by atoms with Gasteiger partial charge in [-0.3, -0.25) is 0 Å². The summed E-state index contributed by atoms with van der Waals surface area (Å²) in [6.45, 7) is 2.62. The van der Waals surface area contributed by atoms with Crippen LogP contribution >= 0.6 is 22.9 Å². The summed E-state index contributed by atoms with van der Waals surface area (Å²) in [6, 6.07) is 3.79. The second kappa shape index (κ2) is 3.63. The minimum absolute atomic E-state index is 0.687. The summed E-state index contributed by atoms with van der Waals surface area (Å²) in [7, 11) is 0. The van der Waals surface area contributed by atoms with Gasteiger partial charge in [-0.1, -0.05) is 11.6 Å². The first-order valence-electron chi connectivity index (χ1n) is 4.18.